The van der Waals surface area contributed by atoms with Crippen LogP contribution in [0, 0.1) is 5.82 Å². The zero-order valence-corrected chi connectivity index (χ0v) is 14.9. The van der Waals surface area contributed by atoms with Gasteiger partial charge in [-0.15, -0.1) is 0 Å². The molecule has 1 aromatic heterocycles. The van der Waals surface area contributed by atoms with E-state index in [0.29, 0.717) is 34.5 Å². The molecule has 7 nitrogen and oxygen atoms in total. The molecule has 0 bridgehead atoms. The normalized spacial score (nSPS) is 10.5. The van der Waals surface area contributed by atoms with Crippen LogP contribution in [0.1, 0.15) is 12.3 Å². The second-order valence-electron chi connectivity index (χ2n) is 5.63. The molecule has 3 rings (SSSR count). The topological polar surface area (TPSA) is 86.5 Å². The molecule has 27 heavy (non-hydrogen) atoms. The van der Waals surface area contributed by atoms with Crippen molar-refractivity contribution in [2.75, 3.05) is 19.5 Å². The fourth-order valence-corrected chi connectivity index (χ4v) is 2.42. The Morgan fingerprint density at radius 3 is 2.63 bits per heavy atom. The summed E-state index contributed by atoms with van der Waals surface area (Å²) in [7, 11) is 3.06. The van der Waals surface area contributed by atoms with Crippen LogP contribution in [0.4, 0.5) is 10.1 Å². The third kappa shape index (κ3) is 4.60. The van der Waals surface area contributed by atoms with Crippen molar-refractivity contribution in [1.29, 1.82) is 0 Å². The van der Waals surface area contributed by atoms with Crippen molar-refractivity contribution >= 4 is 11.6 Å². The number of carbonyl (C=O) groups is 1. The zero-order valence-electron chi connectivity index (χ0n) is 14.9. The standard InChI is InChI=1S/C19H18FN3O4/c1-25-14-7-8-16(26-2)15(11-14)21-17(24)9-10-18-22-19(23-27-18)12-3-5-13(20)6-4-12/h3-8,11H,9-10H2,1-2H3,(H,21,24). The molecular formula is C19H18FN3O4. The number of hydrogen-bond acceptors (Lipinski definition) is 6. The Balaban J connectivity index is 1.61. The molecule has 0 aliphatic rings. The molecule has 3 aromatic rings. The number of hydrogen-bond donors (Lipinski definition) is 1. The lowest BCUT2D eigenvalue weighted by Gasteiger charge is -2.11. The van der Waals surface area contributed by atoms with Gasteiger partial charge in [-0.3, -0.25) is 4.79 Å². The summed E-state index contributed by atoms with van der Waals surface area (Å²) in [5.74, 6) is 1.23. The Labute approximate surface area is 155 Å². The summed E-state index contributed by atoms with van der Waals surface area (Å²) in [5.41, 5.74) is 1.15. The van der Waals surface area contributed by atoms with Gasteiger partial charge in [0.2, 0.25) is 17.6 Å². The number of benzene rings is 2. The van der Waals surface area contributed by atoms with Crippen LogP contribution >= 0.6 is 0 Å². The van der Waals surface area contributed by atoms with Crippen LogP contribution in [0.25, 0.3) is 11.4 Å². The average molecular weight is 371 g/mol. The molecule has 1 heterocycles. The van der Waals surface area contributed by atoms with Gasteiger partial charge in [0, 0.05) is 24.5 Å². The van der Waals surface area contributed by atoms with Crippen molar-refractivity contribution in [2.45, 2.75) is 12.8 Å². The highest BCUT2D eigenvalue weighted by Gasteiger charge is 2.13. The van der Waals surface area contributed by atoms with Gasteiger partial charge in [0.25, 0.3) is 0 Å². The van der Waals surface area contributed by atoms with Gasteiger partial charge in [-0.2, -0.15) is 4.98 Å². The summed E-state index contributed by atoms with van der Waals surface area (Å²) in [6.45, 7) is 0. The third-order valence-electron chi connectivity index (χ3n) is 3.82. The predicted octanol–water partition coefficient (Wildman–Crippen LogP) is 3.46. The smallest absolute Gasteiger partial charge is 0.227 e. The van der Waals surface area contributed by atoms with Gasteiger partial charge in [0.15, 0.2) is 0 Å². The van der Waals surface area contributed by atoms with Crippen LogP contribution in [0.3, 0.4) is 0 Å². The minimum Gasteiger partial charge on any atom is -0.497 e. The largest absolute Gasteiger partial charge is 0.497 e. The van der Waals surface area contributed by atoms with Crippen LogP contribution in [0.5, 0.6) is 11.5 Å². The minimum absolute atomic E-state index is 0.144. The lowest BCUT2D eigenvalue weighted by atomic mass is 10.2. The van der Waals surface area contributed by atoms with E-state index >= 15 is 0 Å². The maximum absolute atomic E-state index is 13.0. The fraction of sp³-hybridized carbons (Fsp3) is 0.211. The Morgan fingerprint density at radius 1 is 1.15 bits per heavy atom. The van der Waals surface area contributed by atoms with Crippen molar-refractivity contribution in [2.24, 2.45) is 0 Å². The lowest BCUT2D eigenvalue weighted by Crippen LogP contribution is -2.13. The number of methoxy groups -OCH3 is 2. The zero-order chi connectivity index (χ0) is 19.2. The lowest BCUT2D eigenvalue weighted by molar-refractivity contribution is -0.116. The maximum Gasteiger partial charge on any atom is 0.227 e. The molecule has 1 amide bonds. The van der Waals surface area contributed by atoms with Gasteiger partial charge in [0.1, 0.15) is 17.3 Å². The number of aryl methyl sites for hydroxylation is 1. The summed E-state index contributed by atoms with van der Waals surface area (Å²) < 4.78 is 28.5. The number of nitrogens with one attached hydrogen (secondary N) is 1. The molecule has 1 N–H and O–H groups in total. The van der Waals surface area contributed by atoms with E-state index in [9.17, 15) is 9.18 Å². The number of aromatic nitrogens is 2. The van der Waals surface area contributed by atoms with E-state index in [1.54, 1.807) is 37.4 Å². The van der Waals surface area contributed by atoms with E-state index < -0.39 is 0 Å². The molecule has 8 heteroatoms. The highest BCUT2D eigenvalue weighted by atomic mass is 19.1. The number of rotatable bonds is 7. The van der Waals surface area contributed by atoms with Gasteiger partial charge in [0.05, 0.1) is 19.9 Å². The van der Waals surface area contributed by atoms with E-state index in [0.717, 1.165) is 0 Å². The molecule has 0 atom stereocenters. The number of anilines is 1. The van der Waals surface area contributed by atoms with Crippen molar-refractivity contribution in [3.8, 4) is 22.9 Å². The Bertz CT molecular complexity index is 925. The van der Waals surface area contributed by atoms with E-state index in [2.05, 4.69) is 15.5 Å². The molecule has 0 spiro atoms. The van der Waals surface area contributed by atoms with E-state index in [-0.39, 0.29) is 24.6 Å². The first kappa shape index (κ1) is 18.4. The van der Waals surface area contributed by atoms with Gasteiger partial charge in [-0.25, -0.2) is 4.39 Å². The highest BCUT2D eigenvalue weighted by molar-refractivity contribution is 5.92. The second kappa shape index (κ2) is 8.31. The molecule has 2 aromatic carbocycles. The first-order valence-electron chi connectivity index (χ1n) is 8.19. The minimum atomic E-state index is -0.341. The predicted molar refractivity (Wildman–Crippen MR) is 96.2 cm³/mol. The molecule has 0 saturated carbocycles. The fourth-order valence-electron chi connectivity index (χ4n) is 2.42. The Hall–Kier alpha value is -3.42. The molecular weight excluding hydrogens is 353 g/mol. The van der Waals surface area contributed by atoms with Crippen LogP contribution in [-0.2, 0) is 11.2 Å². The maximum atomic E-state index is 13.0. The summed E-state index contributed by atoms with van der Waals surface area (Å²) in [5, 5.41) is 6.63. The number of ether oxygens (including phenoxy) is 2. The summed E-state index contributed by atoms with van der Waals surface area (Å²) >= 11 is 0. The van der Waals surface area contributed by atoms with Crippen molar-refractivity contribution in [1.82, 2.24) is 10.1 Å². The van der Waals surface area contributed by atoms with Gasteiger partial charge in [-0.1, -0.05) is 5.16 Å². The number of carbonyl (C=O) groups excluding carboxylic acids is 1. The monoisotopic (exact) mass is 371 g/mol. The van der Waals surface area contributed by atoms with E-state index in [1.165, 1.54) is 19.2 Å². The van der Waals surface area contributed by atoms with Crippen molar-refractivity contribution in [3.05, 3.63) is 54.2 Å². The van der Waals surface area contributed by atoms with Crippen LogP contribution in [-0.4, -0.2) is 30.3 Å². The average Bonchev–Trinajstić information content (AvgIpc) is 3.16. The SMILES string of the molecule is COc1ccc(OC)c(NC(=O)CCc2nc(-c3ccc(F)cc3)no2)c1. The molecule has 0 radical (unpaired) electrons. The van der Waals surface area contributed by atoms with Gasteiger partial charge in [-0.05, 0) is 36.4 Å². The van der Waals surface area contributed by atoms with Crippen molar-refractivity contribution < 1.29 is 23.2 Å². The van der Waals surface area contributed by atoms with Crippen LogP contribution < -0.4 is 14.8 Å². The van der Waals surface area contributed by atoms with E-state index in [4.69, 9.17) is 14.0 Å². The Kier molecular flexibility index (Phi) is 5.65. The number of halogens is 1. The second-order valence-corrected chi connectivity index (χ2v) is 5.63. The number of nitrogens with zero attached hydrogens (tertiary/aromatic N) is 2. The first-order chi connectivity index (χ1) is 13.1. The van der Waals surface area contributed by atoms with Crippen LogP contribution in [0.15, 0.2) is 47.0 Å². The molecule has 0 saturated heterocycles. The quantitative estimate of drug-likeness (QED) is 0.684. The molecule has 0 aliphatic heterocycles. The number of amides is 1. The molecule has 140 valence electrons. The van der Waals surface area contributed by atoms with Gasteiger partial charge < -0.3 is 19.3 Å². The van der Waals surface area contributed by atoms with Gasteiger partial charge >= 0.3 is 0 Å². The molecule has 0 fully saturated rings. The highest BCUT2D eigenvalue weighted by Crippen LogP contribution is 2.29. The summed E-state index contributed by atoms with van der Waals surface area (Å²) in [6.07, 6.45) is 0.414. The van der Waals surface area contributed by atoms with Crippen molar-refractivity contribution in [3.63, 3.8) is 0 Å². The first-order valence-corrected chi connectivity index (χ1v) is 8.19. The van der Waals surface area contributed by atoms with Crippen LogP contribution in [0.2, 0.25) is 0 Å². The summed E-state index contributed by atoms with van der Waals surface area (Å²) in [4.78, 5) is 16.5. The molecule has 0 aliphatic carbocycles. The van der Waals surface area contributed by atoms with E-state index in [1.807, 2.05) is 0 Å². The molecule has 0 unspecified atom stereocenters. The Morgan fingerprint density at radius 2 is 1.93 bits per heavy atom. The third-order valence-corrected chi connectivity index (χ3v) is 3.82. The summed E-state index contributed by atoms with van der Waals surface area (Å²) in [6, 6.07) is 10.9.